The second kappa shape index (κ2) is 6.80. The molecule has 0 fully saturated rings. The first-order chi connectivity index (χ1) is 8.81. The largest absolute Gasteiger partial charge is 0.338 e. The lowest BCUT2D eigenvalue weighted by atomic mass is 9.85. The highest BCUT2D eigenvalue weighted by molar-refractivity contribution is 6.30. The van der Waals surface area contributed by atoms with Crippen molar-refractivity contribution < 1.29 is 4.79 Å². The standard InChI is InChI=1S/C15H23ClN2O/c1-11(2)9-17-14(19)18-10-15(3,4)12-5-7-13(16)8-6-12/h5-8,11H,9-10H2,1-4H3,(H2,17,18,19). The molecule has 0 atom stereocenters. The highest BCUT2D eigenvalue weighted by Gasteiger charge is 2.21. The van der Waals surface area contributed by atoms with Crippen molar-refractivity contribution >= 4 is 17.6 Å². The Morgan fingerprint density at radius 3 is 2.32 bits per heavy atom. The number of rotatable bonds is 5. The molecule has 19 heavy (non-hydrogen) atoms. The highest BCUT2D eigenvalue weighted by Crippen LogP contribution is 2.23. The molecule has 2 amide bonds. The molecule has 1 aromatic rings. The molecule has 2 N–H and O–H groups in total. The van der Waals surface area contributed by atoms with Gasteiger partial charge in [-0.3, -0.25) is 0 Å². The van der Waals surface area contributed by atoms with Crippen molar-refractivity contribution in [3.63, 3.8) is 0 Å². The van der Waals surface area contributed by atoms with Crippen LogP contribution in [0.25, 0.3) is 0 Å². The average Bonchev–Trinajstić information content (AvgIpc) is 2.34. The fourth-order valence-electron chi connectivity index (χ4n) is 1.66. The molecule has 0 bridgehead atoms. The van der Waals surface area contributed by atoms with Crippen LogP contribution in [0.2, 0.25) is 5.02 Å². The average molecular weight is 283 g/mol. The van der Waals surface area contributed by atoms with Crippen LogP contribution in [0, 0.1) is 5.92 Å². The molecule has 0 heterocycles. The summed E-state index contributed by atoms with van der Waals surface area (Å²) in [7, 11) is 0. The van der Waals surface area contributed by atoms with E-state index in [0.29, 0.717) is 19.0 Å². The molecular weight excluding hydrogens is 260 g/mol. The van der Waals surface area contributed by atoms with Crippen LogP contribution in [0.5, 0.6) is 0 Å². The highest BCUT2D eigenvalue weighted by atomic mass is 35.5. The molecule has 4 heteroatoms. The normalized spacial score (nSPS) is 11.5. The summed E-state index contributed by atoms with van der Waals surface area (Å²) in [5, 5.41) is 6.48. The van der Waals surface area contributed by atoms with E-state index < -0.39 is 0 Å². The third-order valence-corrected chi connectivity index (χ3v) is 3.24. The Bertz CT molecular complexity index is 413. The third-order valence-electron chi connectivity index (χ3n) is 2.99. The number of benzene rings is 1. The molecule has 0 aliphatic heterocycles. The fraction of sp³-hybridized carbons (Fsp3) is 0.533. The molecule has 0 aliphatic carbocycles. The van der Waals surface area contributed by atoms with E-state index in [9.17, 15) is 4.79 Å². The van der Waals surface area contributed by atoms with Gasteiger partial charge in [0.25, 0.3) is 0 Å². The predicted octanol–water partition coefficient (Wildman–Crippen LogP) is 3.57. The molecule has 0 radical (unpaired) electrons. The summed E-state index contributed by atoms with van der Waals surface area (Å²) in [6.07, 6.45) is 0. The van der Waals surface area contributed by atoms with Crippen molar-refractivity contribution in [2.45, 2.75) is 33.1 Å². The second-order valence-electron chi connectivity index (χ2n) is 5.85. The Balaban J connectivity index is 2.50. The Labute approximate surface area is 120 Å². The van der Waals surface area contributed by atoms with E-state index in [2.05, 4.69) is 38.3 Å². The van der Waals surface area contributed by atoms with Gasteiger partial charge >= 0.3 is 6.03 Å². The maximum Gasteiger partial charge on any atom is 0.314 e. The molecule has 106 valence electrons. The van der Waals surface area contributed by atoms with Gasteiger partial charge in [-0.2, -0.15) is 0 Å². The van der Waals surface area contributed by atoms with Crippen LogP contribution in [0.15, 0.2) is 24.3 Å². The van der Waals surface area contributed by atoms with Crippen LogP contribution in [0.4, 0.5) is 4.79 Å². The van der Waals surface area contributed by atoms with Gasteiger partial charge in [0.1, 0.15) is 0 Å². The molecule has 1 aromatic carbocycles. The van der Waals surface area contributed by atoms with Crippen molar-refractivity contribution in [1.82, 2.24) is 10.6 Å². The molecule has 0 saturated heterocycles. The summed E-state index contributed by atoms with van der Waals surface area (Å²) in [4.78, 5) is 11.6. The van der Waals surface area contributed by atoms with Crippen molar-refractivity contribution in [1.29, 1.82) is 0 Å². The first-order valence-corrected chi connectivity index (χ1v) is 6.97. The minimum atomic E-state index is -0.125. The van der Waals surface area contributed by atoms with Gasteiger partial charge in [-0.1, -0.05) is 51.4 Å². The van der Waals surface area contributed by atoms with Gasteiger partial charge in [-0.05, 0) is 23.6 Å². The second-order valence-corrected chi connectivity index (χ2v) is 6.28. The zero-order valence-corrected chi connectivity index (χ0v) is 12.8. The molecule has 1 rings (SSSR count). The van der Waals surface area contributed by atoms with E-state index in [4.69, 9.17) is 11.6 Å². The van der Waals surface area contributed by atoms with Gasteiger partial charge < -0.3 is 10.6 Å². The number of hydrogen-bond acceptors (Lipinski definition) is 1. The maximum atomic E-state index is 11.6. The number of nitrogens with one attached hydrogen (secondary N) is 2. The van der Waals surface area contributed by atoms with Crippen LogP contribution in [-0.2, 0) is 5.41 Å². The van der Waals surface area contributed by atoms with Crippen molar-refractivity contribution in [3.8, 4) is 0 Å². The number of hydrogen-bond donors (Lipinski definition) is 2. The van der Waals surface area contributed by atoms with Crippen LogP contribution < -0.4 is 10.6 Å². The van der Waals surface area contributed by atoms with Crippen molar-refractivity contribution in [3.05, 3.63) is 34.9 Å². The lowest BCUT2D eigenvalue weighted by Gasteiger charge is -2.26. The lowest BCUT2D eigenvalue weighted by Crippen LogP contribution is -2.43. The molecule has 0 spiro atoms. The zero-order valence-electron chi connectivity index (χ0n) is 12.1. The van der Waals surface area contributed by atoms with E-state index in [0.717, 1.165) is 10.6 Å². The van der Waals surface area contributed by atoms with Gasteiger partial charge in [0.15, 0.2) is 0 Å². The summed E-state index contributed by atoms with van der Waals surface area (Å²) < 4.78 is 0. The third kappa shape index (κ3) is 5.52. The maximum absolute atomic E-state index is 11.6. The summed E-state index contributed by atoms with van der Waals surface area (Å²) in [5.41, 5.74) is 1.03. The zero-order chi connectivity index (χ0) is 14.5. The summed E-state index contributed by atoms with van der Waals surface area (Å²) in [5.74, 6) is 0.454. The van der Waals surface area contributed by atoms with E-state index in [1.165, 1.54) is 0 Å². The molecule has 3 nitrogen and oxygen atoms in total. The molecule has 0 saturated carbocycles. The van der Waals surface area contributed by atoms with Crippen LogP contribution in [0.3, 0.4) is 0 Å². The monoisotopic (exact) mass is 282 g/mol. The number of urea groups is 1. The molecular formula is C15H23ClN2O. The summed E-state index contributed by atoms with van der Waals surface area (Å²) in [6.45, 7) is 9.60. The van der Waals surface area contributed by atoms with Gasteiger partial charge in [0, 0.05) is 23.5 Å². The van der Waals surface area contributed by atoms with Gasteiger partial charge in [-0.15, -0.1) is 0 Å². The molecule has 0 unspecified atom stereocenters. The summed E-state index contributed by atoms with van der Waals surface area (Å²) >= 11 is 5.88. The lowest BCUT2D eigenvalue weighted by molar-refractivity contribution is 0.237. The van der Waals surface area contributed by atoms with E-state index in [1.54, 1.807) is 0 Å². The smallest absolute Gasteiger partial charge is 0.314 e. The minimum absolute atomic E-state index is 0.115. The van der Waals surface area contributed by atoms with E-state index in [-0.39, 0.29) is 11.4 Å². The van der Waals surface area contributed by atoms with Crippen molar-refractivity contribution in [2.75, 3.05) is 13.1 Å². The van der Waals surface area contributed by atoms with Gasteiger partial charge in [0.2, 0.25) is 0 Å². The van der Waals surface area contributed by atoms with Crippen LogP contribution in [-0.4, -0.2) is 19.1 Å². The number of carbonyl (C=O) groups is 1. The van der Waals surface area contributed by atoms with Crippen molar-refractivity contribution in [2.24, 2.45) is 5.92 Å². The Hall–Kier alpha value is -1.22. The van der Waals surface area contributed by atoms with Gasteiger partial charge in [0.05, 0.1) is 0 Å². The van der Waals surface area contributed by atoms with E-state index >= 15 is 0 Å². The number of halogens is 1. The summed E-state index contributed by atoms with van der Waals surface area (Å²) in [6, 6.07) is 7.62. The Morgan fingerprint density at radius 2 is 1.79 bits per heavy atom. The number of carbonyl (C=O) groups excluding carboxylic acids is 1. The van der Waals surface area contributed by atoms with E-state index in [1.807, 2.05) is 24.3 Å². The van der Waals surface area contributed by atoms with Crippen LogP contribution in [0.1, 0.15) is 33.3 Å². The first-order valence-electron chi connectivity index (χ1n) is 6.59. The number of amides is 2. The topological polar surface area (TPSA) is 41.1 Å². The fourth-order valence-corrected chi connectivity index (χ4v) is 1.79. The predicted molar refractivity (Wildman–Crippen MR) is 80.7 cm³/mol. The quantitative estimate of drug-likeness (QED) is 0.852. The van der Waals surface area contributed by atoms with Crippen LogP contribution >= 0.6 is 11.6 Å². The van der Waals surface area contributed by atoms with Gasteiger partial charge in [-0.25, -0.2) is 4.79 Å². The molecule has 0 aliphatic rings. The SMILES string of the molecule is CC(C)CNC(=O)NCC(C)(C)c1ccc(Cl)cc1. The first kappa shape index (κ1) is 15.8. The Kier molecular flexibility index (Phi) is 5.67. The Morgan fingerprint density at radius 1 is 1.21 bits per heavy atom. The molecule has 0 aromatic heterocycles. The minimum Gasteiger partial charge on any atom is -0.338 e.